The lowest BCUT2D eigenvalue weighted by Gasteiger charge is -2.26. The summed E-state index contributed by atoms with van der Waals surface area (Å²) in [5, 5.41) is 10.7. The van der Waals surface area contributed by atoms with Crippen molar-refractivity contribution in [3.8, 4) is 0 Å². The van der Waals surface area contributed by atoms with Crippen molar-refractivity contribution in [1.82, 2.24) is 0 Å². The molecule has 1 radical (unpaired) electrons. The third kappa shape index (κ3) is 10.8. The van der Waals surface area contributed by atoms with E-state index in [1.807, 2.05) is 6.92 Å². The molecule has 0 rings (SSSR count). The van der Waals surface area contributed by atoms with Crippen molar-refractivity contribution in [3.05, 3.63) is 0 Å². The summed E-state index contributed by atoms with van der Waals surface area (Å²) in [5.74, 6) is 0.262. The van der Waals surface area contributed by atoms with Crippen LogP contribution in [-0.2, 0) is 9.84 Å². The Morgan fingerprint density at radius 2 is 1.76 bits per heavy atom. The summed E-state index contributed by atoms with van der Waals surface area (Å²) in [6.07, 6.45) is 7.38. The zero-order valence-corrected chi connectivity index (χ0v) is 12.3. The van der Waals surface area contributed by atoms with Crippen LogP contribution >= 0.6 is 0 Å². The van der Waals surface area contributed by atoms with Crippen LogP contribution in [0.3, 0.4) is 0 Å². The van der Waals surface area contributed by atoms with Gasteiger partial charge in [-0.25, -0.2) is 5.11 Å². The minimum Gasteiger partial charge on any atom is -0.381 e. The summed E-state index contributed by atoms with van der Waals surface area (Å²) in [4.78, 5) is 0. The van der Waals surface area contributed by atoms with E-state index in [9.17, 15) is 5.11 Å². The molecule has 0 aromatic rings. The van der Waals surface area contributed by atoms with E-state index in [1.165, 1.54) is 32.1 Å². The van der Waals surface area contributed by atoms with Gasteiger partial charge in [0.15, 0.2) is 0 Å². The van der Waals surface area contributed by atoms with Crippen molar-refractivity contribution in [2.24, 2.45) is 11.3 Å². The highest BCUT2D eigenvalue weighted by molar-refractivity contribution is 4.70. The van der Waals surface area contributed by atoms with Gasteiger partial charge in [0.1, 0.15) is 0 Å². The zero-order chi connectivity index (χ0) is 13.1. The number of hydrogen-bond donors (Lipinski definition) is 0. The molecule has 0 aromatic carbocycles. The van der Waals surface area contributed by atoms with Gasteiger partial charge >= 0.3 is 0 Å². The molecule has 0 aliphatic carbocycles. The van der Waals surface area contributed by atoms with E-state index >= 15 is 0 Å². The lowest BCUT2D eigenvalue weighted by atomic mass is 9.84. The number of ether oxygens (including phenoxy) is 1. The predicted molar refractivity (Wildman–Crippen MR) is 72.7 cm³/mol. The third-order valence-electron chi connectivity index (χ3n) is 3.07. The maximum Gasteiger partial charge on any atom is 0.0848 e. The van der Waals surface area contributed by atoms with Crippen LogP contribution in [0.4, 0.5) is 0 Å². The van der Waals surface area contributed by atoms with Gasteiger partial charge in [-0.05, 0) is 24.2 Å². The second-order valence-electron chi connectivity index (χ2n) is 6.11. The molecule has 0 aliphatic rings. The Bertz CT molecular complexity index is 166. The zero-order valence-electron chi connectivity index (χ0n) is 12.3. The number of unbranched alkanes of at least 4 members (excludes halogenated alkanes) is 4. The van der Waals surface area contributed by atoms with Crippen LogP contribution in [0.5, 0.6) is 0 Å². The van der Waals surface area contributed by atoms with Crippen LogP contribution in [0.25, 0.3) is 0 Å². The molecular weight excluding hydrogens is 212 g/mol. The first-order chi connectivity index (χ1) is 8.02. The number of rotatable bonds is 11. The van der Waals surface area contributed by atoms with Gasteiger partial charge in [-0.2, -0.15) is 0 Å². The lowest BCUT2D eigenvalue weighted by Crippen LogP contribution is -2.23. The molecule has 0 amide bonds. The van der Waals surface area contributed by atoms with Crippen molar-refractivity contribution in [1.29, 1.82) is 0 Å². The van der Waals surface area contributed by atoms with E-state index in [1.54, 1.807) is 0 Å². The Labute approximate surface area is 108 Å². The maximum atomic E-state index is 10.7. The first kappa shape index (κ1) is 16.9. The first-order valence-electron chi connectivity index (χ1n) is 7.17. The molecule has 0 aromatic heterocycles. The van der Waals surface area contributed by atoms with Crippen LogP contribution < -0.4 is 0 Å². The monoisotopic (exact) mass is 243 g/mol. The fourth-order valence-corrected chi connectivity index (χ4v) is 2.22. The highest BCUT2D eigenvalue weighted by Crippen LogP contribution is 2.25. The van der Waals surface area contributed by atoms with Gasteiger partial charge in [0.2, 0.25) is 0 Å². The quantitative estimate of drug-likeness (QED) is 0.493. The predicted octanol–water partition coefficient (Wildman–Crippen LogP) is 4.46. The lowest BCUT2D eigenvalue weighted by molar-refractivity contribution is 0.0362. The van der Waals surface area contributed by atoms with Gasteiger partial charge in [-0.3, -0.25) is 0 Å². The van der Waals surface area contributed by atoms with Crippen LogP contribution in [0, 0.1) is 11.3 Å². The smallest absolute Gasteiger partial charge is 0.0848 e. The molecule has 2 heteroatoms. The Morgan fingerprint density at radius 1 is 1.12 bits per heavy atom. The van der Waals surface area contributed by atoms with Gasteiger partial charge in [0.25, 0.3) is 0 Å². The van der Waals surface area contributed by atoms with Crippen LogP contribution in [0.1, 0.15) is 66.2 Å². The van der Waals surface area contributed by atoms with Gasteiger partial charge in [-0.1, -0.05) is 53.4 Å². The molecular formula is C15H31O2. The van der Waals surface area contributed by atoms with Crippen LogP contribution in [0.15, 0.2) is 0 Å². The Morgan fingerprint density at radius 3 is 2.35 bits per heavy atom. The number of hydrogen-bond acceptors (Lipinski definition) is 1. The SMILES string of the molecule is CCCCCCCOCC(C)(C)CC(C)C[O]. The molecule has 0 aliphatic heterocycles. The first-order valence-corrected chi connectivity index (χ1v) is 7.17. The Hall–Kier alpha value is -0.0800. The fourth-order valence-electron chi connectivity index (χ4n) is 2.22. The van der Waals surface area contributed by atoms with Crippen molar-refractivity contribution in [2.45, 2.75) is 66.2 Å². The fraction of sp³-hybridized carbons (Fsp3) is 1.00. The van der Waals surface area contributed by atoms with Crippen LogP contribution in [-0.4, -0.2) is 19.8 Å². The van der Waals surface area contributed by atoms with E-state index < -0.39 is 0 Å². The molecule has 1 unspecified atom stereocenters. The summed E-state index contributed by atoms with van der Waals surface area (Å²) in [5.41, 5.74) is 0.146. The molecule has 0 saturated carbocycles. The topological polar surface area (TPSA) is 29.1 Å². The molecule has 0 bridgehead atoms. The highest BCUT2D eigenvalue weighted by Gasteiger charge is 2.21. The van der Waals surface area contributed by atoms with E-state index in [2.05, 4.69) is 20.8 Å². The van der Waals surface area contributed by atoms with Crippen molar-refractivity contribution < 1.29 is 9.84 Å². The largest absolute Gasteiger partial charge is 0.381 e. The van der Waals surface area contributed by atoms with Crippen LogP contribution in [0.2, 0.25) is 0 Å². The highest BCUT2D eigenvalue weighted by atomic mass is 16.5. The van der Waals surface area contributed by atoms with E-state index in [0.29, 0.717) is 0 Å². The van der Waals surface area contributed by atoms with Crippen molar-refractivity contribution in [2.75, 3.05) is 19.8 Å². The molecule has 17 heavy (non-hydrogen) atoms. The molecule has 2 nitrogen and oxygen atoms in total. The standard InChI is InChI=1S/C15H31O2/c1-5-6-7-8-9-10-17-13-15(3,4)11-14(2)12-16/h14H,5-13H2,1-4H3. The van der Waals surface area contributed by atoms with E-state index in [4.69, 9.17) is 4.74 Å². The van der Waals surface area contributed by atoms with Gasteiger partial charge in [-0.15, -0.1) is 0 Å². The summed E-state index contributed by atoms with van der Waals surface area (Å²) in [7, 11) is 0. The van der Waals surface area contributed by atoms with Crippen molar-refractivity contribution >= 4 is 0 Å². The minimum absolute atomic E-state index is 0.0282. The minimum atomic E-state index is 0.0282. The average molecular weight is 243 g/mol. The van der Waals surface area contributed by atoms with Gasteiger partial charge in [0, 0.05) is 6.61 Å². The normalized spacial score (nSPS) is 13.9. The van der Waals surface area contributed by atoms with E-state index in [0.717, 1.165) is 19.6 Å². The molecule has 0 fully saturated rings. The third-order valence-corrected chi connectivity index (χ3v) is 3.07. The molecule has 0 N–H and O–H groups in total. The summed E-state index contributed by atoms with van der Waals surface area (Å²) < 4.78 is 5.72. The summed E-state index contributed by atoms with van der Waals surface area (Å²) in [6, 6.07) is 0. The molecule has 0 heterocycles. The second-order valence-corrected chi connectivity index (χ2v) is 6.11. The van der Waals surface area contributed by atoms with Gasteiger partial charge < -0.3 is 4.74 Å². The van der Waals surface area contributed by atoms with Gasteiger partial charge in [0.05, 0.1) is 13.2 Å². The molecule has 0 spiro atoms. The average Bonchev–Trinajstić information content (AvgIpc) is 2.27. The Kier molecular flexibility index (Phi) is 9.85. The summed E-state index contributed by atoms with van der Waals surface area (Å²) in [6.45, 7) is 10.3. The van der Waals surface area contributed by atoms with Crippen molar-refractivity contribution in [3.63, 3.8) is 0 Å². The second kappa shape index (κ2) is 9.90. The molecule has 1 atom stereocenters. The molecule has 0 saturated heterocycles. The summed E-state index contributed by atoms with van der Waals surface area (Å²) >= 11 is 0. The maximum absolute atomic E-state index is 10.7. The Balaban J connectivity index is 3.45. The van der Waals surface area contributed by atoms with E-state index in [-0.39, 0.29) is 17.9 Å². The molecule has 103 valence electrons.